The smallest absolute Gasteiger partial charge is 0.125 e. The van der Waals surface area contributed by atoms with Gasteiger partial charge in [0.05, 0.1) is 12.8 Å². The maximum Gasteiger partial charge on any atom is 0.125 e. The maximum absolute atomic E-state index is 5.45. The minimum atomic E-state index is 0.516. The summed E-state index contributed by atoms with van der Waals surface area (Å²) in [5.41, 5.74) is 6.47. The molecule has 0 unspecified atom stereocenters. The summed E-state index contributed by atoms with van der Waals surface area (Å²) in [6.45, 7) is 1.18. The van der Waals surface area contributed by atoms with Crippen LogP contribution in [0.5, 0.6) is 0 Å². The maximum atomic E-state index is 5.45. The van der Waals surface area contributed by atoms with Gasteiger partial charge in [-0.1, -0.05) is 0 Å². The third-order valence-electron chi connectivity index (χ3n) is 1.82. The lowest BCUT2D eigenvalue weighted by Gasteiger charge is -1.95. The van der Waals surface area contributed by atoms with Crippen molar-refractivity contribution < 1.29 is 4.42 Å². The topological polar surface area (TPSA) is 57.0 Å². The number of furan rings is 1. The van der Waals surface area contributed by atoms with E-state index >= 15 is 0 Å². The Bertz CT molecular complexity index is 364. The molecule has 0 atom stereocenters. The molecular weight excluding hydrogens is 166 g/mol. The third kappa shape index (κ3) is 1.78. The fraction of sp³-hybridized carbons (Fsp3) is 0.222. The van der Waals surface area contributed by atoms with Crippen LogP contribution in [0.3, 0.4) is 0 Å². The molecule has 4 heteroatoms. The molecule has 0 radical (unpaired) electrons. The van der Waals surface area contributed by atoms with Gasteiger partial charge in [-0.3, -0.25) is 4.68 Å². The predicted molar refractivity (Wildman–Crippen MR) is 47.9 cm³/mol. The number of nitrogens with two attached hydrogens (primary N) is 1. The number of nitrogens with zero attached hydrogens (tertiary/aromatic N) is 2. The molecule has 0 saturated carbocycles. The van der Waals surface area contributed by atoms with E-state index < -0.39 is 0 Å². The lowest BCUT2D eigenvalue weighted by Crippen LogP contribution is -1.98. The summed E-state index contributed by atoms with van der Waals surface area (Å²) in [7, 11) is 0. The molecule has 68 valence electrons. The summed E-state index contributed by atoms with van der Waals surface area (Å²) in [4.78, 5) is 0. The van der Waals surface area contributed by atoms with Crippen molar-refractivity contribution in [1.29, 1.82) is 0 Å². The molecule has 0 saturated heterocycles. The van der Waals surface area contributed by atoms with Gasteiger partial charge in [-0.2, -0.15) is 5.10 Å². The van der Waals surface area contributed by atoms with Crippen LogP contribution in [0.25, 0.3) is 0 Å². The second kappa shape index (κ2) is 3.45. The van der Waals surface area contributed by atoms with Crippen LogP contribution < -0.4 is 5.73 Å². The van der Waals surface area contributed by atoms with Crippen LogP contribution in [0, 0.1) is 0 Å². The highest BCUT2D eigenvalue weighted by atomic mass is 16.3. The lowest BCUT2D eigenvalue weighted by molar-refractivity contribution is 0.479. The minimum Gasteiger partial charge on any atom is -0.467 e. The van der Waals surface area contributed by atoms with E-state index in [9.17, 15) is 0 Å². The van der Waals surface area contributed by atoms with Crippen LogP contribution in [0.4, 0.5) is 0 Å². The lowest BCUT2D eigenvalue weighted by atomic mass is 10.3. The summed E-state index contributed by atoms with van der Waals surface area (Å²) in [6.07, 6.45) is 5.32. The van der Waals surface area contributed by atoms with Crippen molar-refractivity contribution in [3.05, 3.63) is 42.1 Å². The van der Waals surface area contributed by atoms with Crippen LogP contribution in [0.1, 0.15) is 11.3 Å². The fourth-order valence-electron chi connectivity index (χ4n) is 1.17. The second-order valence-electron chi connectivity index (χ2n) is 2.83. The minimum absolute atomic E-state index is 0.516. The normalized spacial score (nSPS) is 10.5. The second-order valence-corrected chi connectivity index (χ2v) is 2.83. The standard InChI is InChI=1S/C9H11N3O/c10-5-8-4-9(13-7-8)6-12-3-1-2-11-12/h1-4,7H,5-6,10H2. The summed E-state index contributed by atoms with van der Waals surface area (Å²) >= 11 is 0. The van der Waals surface area contributed by atoms with Crippen molar-refractivity contribution in [3.8, 4) is 0 Å². The molecule has 0 bridgehead atoms. The molecule has 2 N–H and O–H groups in total. The van der Waals surface area contributed by atoms with E-state index in [0.717, 1.165) is 11.3 Å². The average molecular weight is 177 g/mol. The van der Waals surface area contributed by atoms with Crippen LogP contribution in [0.15, 0.2) is 35.2 Å². The highest BCUT2D eigenvalue weighted by Crippen LogP contribution is 2.07. The highest BCUT2D eigenvalue weighted by Gasteiger charge is 2.00. The van der Waals surface area contributed by atoms with Crippen LogP contribution in [-0.4, -0.2) is 9.78 Å². The van der Waals surface area contributed by atoms with Gasteiger partial charge < -0.3 is 10.2 Å². The van der Waals surface area contributed by atoms with Gasteiger partial charge in [-0.05, 0) is 12.1 Å². The molecule has 0 aliphatic carbocycles. The number of hydrogen-bond donors (Lipinski definition) is 1. The third-order valence-corrected chi connectivity index (χ3v) is 1.82. The molecule has 0 aliphatic heterocycles. The first-order chi connectivity index (χ1) is 6.38. The van der Waals surface area contributed by atoms with Gasteiger partial charge in [0.25, 0.3) is 0 Å². The molecule has 13 heavy (non-hydrogen) atoms. The van der Waals surface area contributed by atoms with Gasteiger partial charge in [0, 0.05) is 24.5 Å². The summed E-state index contributed by atoms with van der Waals surface area (Å²) < 4.78 is 7.09. The zero-order chi connectivity index (χ0) is 9.10. The number of hydrogen-bond acceptors (Lipinski definition) is 3. The van der Waals surface area contributed by atoms with Crippen LogP contribution in [-0.2, 0) is 13.1 Å². The zero-order valence-corrected chi connectivity index (χ0v) is 7.18. The predicted octanol–water partition coefficient (Wildman–Crippen LogP) is 0.983. The molecule has 0 fully saturated rings. The van der Waals surface area contributed by atoms with Gasteiger partial charge in [0.1, 0.15) is 5.76 Å². The molecule has 2 aromatic rings. The Morgan fingerprint density at radius 1 is 1.54 bits per heavy atom. The largest absolute Gasteiger partial charge is 0.467 e. The summed E-state index contributed by atoms with van der Waals surface area (Å²) in [5.74, 6) is 0.879. The summed E-state index contributed by atoms with van der Waals surface area (Å²) in [6, 6.07) is 3.83. The first kappa shape index (κ1) is 8.07. The molecule has 2 aromatic heterocycles. The van der Waals surface area contributed by atoms with Crippen molar-refractivity contribution in [2.75, 3.05) is 0 Å². The van der Waals surface area contributed by atoms with Gasteiger partial charge in [-0.25, -0.2) is 0 Å². The molecule has 0 aromatic carbocycles. The number of rotatable bonds is 3. The van der Waals surface area contributed by atoms with E-state index in [1.54, 1.807) is 17.1 Å². The number of aromatic nitrogens is 2. The van der Waals surface area contributed by atoms with Crippen LogP contribution in [0.2, 0.25) is 0 Å². The van der Waals surface area contributed by atoms with Crippen molar-refractivity contribution in [3.63, 3.8) is 0 Å². The monoisotopic (exact) mass is 177 g/mol. The Labute approximate surface area is 76.0 Å². The molecule has 0 amide bonds. The van der Waals surface area contributed by atoms with E-state index in [1.807, 2.05) is 18.3 Å². The Balaban J connectivity index is 2.10. The van der Waals surface area contributed by atoms with Crippen molar-refractivity contribution in [2.24, 2.45) is 5.73 Å². The Morgan fingerprint density at radius 2 is 2.46 bits per heavy atom. The van der Waals surface area contributed by atoms with E-state index in [-0.39, 0.29) is 0 Å². The van der Waals surface area contributed by atoms with Gasteiger partial charge >= 0.3 is 0 Å². The van der Waals surface area contributed by atoms with Gasteiger partial charge in [0.15, 0.2) is 0 Å². The fourth-order valence-corrected chi connectivity index (χ4v) is 1.17. The summed E-state index contributed by atoms with van der Waals surface area (Å²) in [5, 5.41) is 4.07. The molecule has 0 aliphatic rings. The van der Waals surface area contributed by atoms with Crippen molar-refractivity contribution in [2.45, 2.75) is 13.1 Å². The quantitative estimate of drug-likeness (QED) is 0.760. The van der Waals surface area contributed by atoms with Gasteiger partial charge in [0.2, 0.25) is 0 Å². The van der Waals surface area contributed by atoms with E-state index in [4.69, 9.17) is 10.2 Å². The molecule has 4 nitrogen and oxygen atoms in total. The van der Waals surface area contributed by atoms with Gasteiger partial charge in [-0.15, -0.1) is 0 Å². The van der Waals surface area contributed by atoms with E-state index in [2.05, 4.69) is 5.10 Å². The van der Waals surface area contributed by atoms with Crippen molar-refractivity contribution in [1.82, 2.24) is 9.78 Å². The Kier molecular flexibility index (Phi) is 2.14. The Hall–Kier alpha value is -1.55. The first-order valence-corrected chi connectivity index (χ1v) is 4.12. The zero-order valence-electron chi connectivity index (χ0n) is 7.18. The highest BCUT2D eigenvalue weighted by molar-refractivity contribution is 5.12. The molecular formula is C9H11N3O. The molecule has 2 heterocycles. The SMILES string of the molecule is NCc1coc(Cn2cccn2)c1. The first-order valence-electron chi connectivity index (χ1n) is 4.12. The average Bonchev–Trinajstić information content (AvgIpc) is 2.76. The van der Waals surface area contributed by atoms with E-state index in [1.165, 1.54) is 0 Å². The molecule has 2 rings (SSSR count). The Morgan fingerprint density at radius 3 is 3.08 bits per heavy atom. The van der Waals surface area contributed by atoms with Crippen LogP contribution >= 0.6 is 0 Å². The van der Waals surface area contributed by atoms with Crippen molar-refractivity contribution >= 4 is 0 Å². The molecule has 0 spiro atoms. The van der Waals surface area contributed by atoms with E-state index in [0.29, 0.717) is 13.1 Å².